The highest BCUT2D eigenvalue weighted by atomic mass is 16.1. The summed E-state index contributed by atoms with van der Waals surface area (Å²) in [6.45, 7) is 3.51. The van der Waals surface area contributed by atoms with Crippen LogP contribution in [-0.4, -0.2) is 11.3 Å². The molecule has 0 bridgehead atoms. The predicted octanol–water partition coefficient (Wildman–Crippen LogP) is 2.10. The second kappa shape index (κ2) is 3.46. The molecule has 1 aromatic carbocycles. The van der Waals surface area contributed by atoms with Crippen LogP contribution in [0.2, 0.25) is 0 Å². The number of aryl methyl sites for hydroxylation is 2. The summed E-state index contributed by atoms with van der Waals surface area (Å²) in [6, 6.07) is 5.99. The SMILES string of the molecule is CC(C)(N)C(=O)c1ccc2c(c1)CCC2. The minimum atomic E-state index is -0.771. The monoisotopic (exact) mass is 203 g/mol. The van der Waals surface area contributed by atoms with Crippen LogP contribution in [0.5, 0.6) is 0 Å². The van der Waals surface area contributed by atoms with Crippen LogP contribution in [0.1, 0.15) is 41.8 Å². The minimum Gasteiger partial charge on any atom is -0.319 e. The van der Waals surface area contributed by atoms with Crippen LogP contribution < -0.4 is 5.73 Å². The quantitative estimate of drug-likeness (QED) is 0.748. The number of hydrogen-bond acceptors (Lipinski definition) is 2. The molecule has 0 spiro atoms. The van der Waals surface area contributed by atoms with Crippen molar-refractivity contribution in [2.24, 2.45) is 5.73 Å². The summed E-state index contributed by atoms with van der Waals surface area (Å²) < 4.78 is 0. The fraction of sp³-hybridized carbons (Fsp3) is 0.462. The first-order chi connectivity index (χ1) is 6.98. The molecule has 2 rings (SSSR count). The molecule has 80 valence electrons. The van der Waals surface area contributed by atoms with Crippen molar-refractivity contribution in [1.82, 2.24) is 0 Å². The zero-order valence-electron chi connectivity index (χ0n) is 9.34. The van der Waals surface area contributed by atoms with Gasteiger partial charge in [-0.05, 0) is 50.3 Å². The van der Waals surface area contributed by atoms with Gasteiger partial charge in [0.2, 0.25) is 0 Å². The molecule has 1 aromatic rings. The molecule has 2 heteroatoms. The minimum absolute atomic E-state index is 0.0252. The van der Waals surface area contributed by atoms with Crippen molar-refractivity contribution < 1.29 is 4.79 Å². The van der Waals surface area contributed by atoms with Gasteiger partial charge in [0, 0.05) is 5.56 Å². The number of benzene rings is 1. The summed E-state index contributed by atoms with van der Waals surface area (Å²) in [6.07, 6.45) is 3.45. The summed E-state index contributed by atoms with van der Waals surface area (Å²) in [5, 5.41) is 0. The Morgan fingerprint density at radius 1 is 1.27 bits per heavy atom. The first-order valence-corrected chi connectivity index (χ1v) is 5.44. The molecule has 0 fully saturated rings. The van der Waals surface area contributed by atoms with Gasteiger partial charge in [0.05, 0.1) is 5.54 Å². The van der Waals surface area contributed by atoms with Crippen LogP contribution in [0.4, 0.5) is 0 Å². The highest BCUT2D eigenvalue weighted by Gasteiger charge is 2.24. The van der Waals surface area contributed by atoms with E-state index in [-0.39, 0.29) is 5.78 Å². The normalized spacial score (nSPS) is 15.1. The van der Waals surface area contributed by atoms with Crippen molar-refractivity contribution in [3.05, 3.63) is 34.9 Å². The van der Waals surface area contributed by atoms with E-state index in [2.05, 4.69) is 6.07 Å². The molecule has 0 heterocycles. The molecule has 1 aliphatic carbocycles. The van der Waals surface area contributed by atoms with Gasteiger partial charge in [-0.2, -0.15) is 0 Å². The van der Waals surface area contributed by atoms with E-state index in [1.807, 2.05) is 12.1 Å². The number of nitrogens with two attached hydrogens (primary N) is 1. The van der Waals surface area contributed by atoms with Gasteiger partial charge in [-0.3, -0.25) is 4.79 Å². The first-order valence-electron chi connectivity index (χ1n) is 5.44. The van der Waals surface area contributed by atoms with Crippen molar-refractivity contribution >= 4 is 5.78 Å². The van der Waals surface area contributed by atoms with E-state index in [1.165, 1.54) is 17.5 Å². The van der Waals surface area contributed by atoms with Crippen LogP contribution >= 0.6 is 0 Å². The smallest absolute Gasteiger partial charge is 0.182 e. The van der Waals surface area contributed by atoms with E-state index in [4.69, 9.17) is 5.73 Å². The molecule has 1 aliphatic rings. The van der Waals surface area contributed by atoms with Crippen molar-refractivity contribution in [1.29, 1.82) is 0 Å². The van der Waals surface area contributed by atoms with E-state index in [1.54, 1.807) is 13.8 Å². The van der Waals surface area contributed by atoms with Gasteiger partial charge in [-0.15, -0.1) is 0 Å². The Labute approximate surface area is 90.5 Å². The molecule has 0 unspecified atom stereocenters. The highest BCUT2D eigenvalue weighted by molar-refractivity contribution is 6.02. The number of carbonyl (C=O) groups excluding carboxylic acids is 1. The maximum atomic E-state index is 11.9. The molecule has 15 heavy (non-hydrogen) atoms. The van der Waals surface area contributed by atoms with Gasteiger partial charge in [0.1, 0.15) is 0 Å². The highest BCUT2D eigenvalue weighted by Crippen LogP contribution is 2.24. The third-order valence-corrected chi connectivity index (χ3v) is 2.95. The Morgan fingerprint density at radius 2 is 1.93 bits per heavy atom. The van der Waals surface area contributed by atoms with E-state index in [0.717, 1.165) is 18.4 Å². The number of Topliss-reactive ketones (excluding diaryl/α,β-unsaturated/α-hetero) is 1. The number of ketones is 1. The lowest BCUT2D eigenvalue weighted by Gasteiger charge is -2.17. The Morgan fingerprint density at radius 3 is 2.60 bits per heavy atom. The molecule has 0 amide bonds. The van der Waals surface area contributed by atoms with Crippen LogP contribution in [0.25, 0.3) is 0 Å². The molecule has 0 saturated heterocycles. The summed E-state index contributed by atoms with van der Waals surface area (Å²) >= 11 is 0. The summed E-state index contributed by atoms with van der Waals surface area (Å²) in [7, 11) is 0. The molecule has 0 saturated carbocycles. The van der Waals surface area contributed by atoms with Gasteiger partial charge in [-0.25, -0.2) is 0 Å². The van der Waals surface area contributed by atoms with E-state index < -0.39 is 5.54 Å². The molecule has 0 atom stereocenters. The Balaban J connectivity index is 2.35. The zero-order valence-corrected chi connectivity index (χ0v) is 9.34. The van der Waals surface area contributed by atoms with Crippen molar-refractivity contribution in [3.8, 4) is 0 Å². The fourth-order valence-corrected chi connectivity index (χ4v) is 2.09. The topological polar surface area (TPSA) is 43.1 Å². The van der Waals surface area contributed by atoms with Crippen LogP contribution in [0.3, 0.4) is 0 Å². The Hall–Kier alpha value is -1.15. The average molecular weight is 203 g/mol. The molecule has 0 aromatic heterocycles. The maximum absolute atomic E-state index is 11.9. The Bertz CT molecular complexity index is 401. The zero-order chi connectivity index (χ0) is 11.1. The third kappa shape index (κ3) is 1.95. The molecule has 2 N–H and O–H groups in total. The molecular weight excluding hydrogens is 186 g/mol. The molecular formula is C13H17NO. The molecule has 2 nitrogen and oxygen atoms in total. The lowest BCUT2D eigenvalue weighted by molar-refractivity contribution is 0.0913. The van der Waals surface area contributed by atoms with Crippen LogP contribution in [0.15, 0.2) is 18.2 Å². The van der Waals surface area contributed by atoms with Crippen LogP contribution in [0, 0.1) is 0 Å². The lowest BCUT2D eigenvalue weighted by atomic mass is 9.92. The summed E-state index contributed by atoms with van der Waals surface area (Å²) in [5.41, 5.74) is 8.50. The molecule has 0 radical (unpaired) electrons. The van der Waals surface area contributed by atoms with Gasteiger partial charge in [0.25, 0.3) is 0 Å². The van der Waals surface area contributed by atoms with E-state index in [9.17, 15) is 4.79 Å². The third-order valence-electron chi connectivity index (χ3n) is 2.95. The summed E-state index contributed by atoms with van der Waals surface area (Å²) in [4.78, 5) is 11.9. The number of hydrogen-bond donors (Lipinski definition) is 1. The predicted molar refractivity (Wildman–Crippen MR) is 61.1 cm³/mol. The maximum Gasteiger partial charge on any atom is 0.182 e. The van der Waals surface area contributed by atoms with Gasteiger partial charge >= 0.3 is 0 Å². The van der Waals surface area contributed by atoms with Crippen LogP contribution in [-0.2, 0) is 12.8 Å². The second-order valence-electron chi connectivity index (χ2n) is 4.89. The standard InChI is InChI=1S/C13H17NO/c1-13(2,14)12(15)11-7-6-9-4-3-5-10(9)8-11/h6-8H,3-5,14H2,1-2H3. The Kier molecular flexibility index (Phi) is 2.39. The van der Waals surface area contributed by atoms with E-state index >= 15 is 0 Å². The van der Waals surface area contributed by atoms with Gasteiger partial charge in [-0.1, -0.05) is 12.1 Å². The lowest BCUT2D eigenvalue weighted by Crippen LogP contribution is -2.41. The first kappa shape index (κ1) is 10.4. The van der Waals surface area contributed by atoms with E-state index in [0.29, 0.717) is 0 Å². The second-order valence-corrected chi connectivity index (χ2v) is 4.89. The van der Waals surface area contributed by atoms with Gasteiger partial charge < -0.3 is 5.73 Å². The van der Waals surface area contributed by atoms with Gasteiger partial charge in [0.15, 0.2) is 5.78 Å². The number of rotatable bonds is 2. The van der Waals surface area contributed by atoms with Crippen molar-refractivity contribution in [2.45, 2.75) is 38.6 Å². The van der Waals surface area contributed by atoms with Crippen molar-refractivity contribution in [3.63, 3.8) is 0 Å². The fourth-order valence-electron chi connectivity index (χ4n) is 2.09. The molecule has 0 aliphatic heterocycles. The average Bonchev–Trinajstić information content (AvgIpc) is 2.61. The van der Waals surface area contributed by atoms with Crippen molar-refractivity contribution in [2.75, 3.05) is 0 Å². The number of fused-ring (bicyclic) bond motifs is 1. The summed E-state index contributed by atoms with van der Waals surface area (Å²) in [5.74, 6) is 0.0252. The number of carbonyl (C=O) groups is 1. The largest absolute Gasteiger partial charge is 0.319 e.